The van der Waals surface area contributed by atoms with E-state index in [9.17, 15) is 5.11 Å². The SMILES string of the molecule is CCC(C)(CO)NCc1cn(C(C)(C)C)nn1. The zero-order chi connectivity index (χ0) is 13.1. The summed E-state index contributed by atoms with van der Waals surface area (Å²) in [4.78, 5) is 0. The van der Waals surface area contributed by atoms with E-state index in [2.05, 4.69) is 43.3 Å². The van der Waals surface area contributed by atoms with Crippen LogP contribution in [0.3, 0.4) is 0 Å². The summed E-state index contributed by atoms with van der Waals surface area (Å²) < 4.78 is 1.85. The molecule has 2 N–H and O–H groups in total. The molecule has 1 atom stereocenters. The minimum absolute atomic E-state index is 0.0453. The second kappa shape index (κ2) is 5.14. The lowest BCUT2D eigenvalue weighted by molar-refractivity contribution is 0.168. The monoisotopic (exact) mass is 240 g/mol. The highest BCUT2D eigenvalue weighted by Gasteiger charge is 2.21. The van der Waals surface area contributed by atoms with E-state index >= 15 is 0 Å². The molecule has 1 heterocycles. The lowest BCUT2D eigenvalue weighted by atomic mass is 10.0. The Morgan fingerprint density at radius 2 is 2.00 bits per heavy atom. The zero-order valence-corrected chi connectivity index (χ0v) is 11.5. The van der Waals surface area contributed by atoms with Gasteiger partial charge >= 0.3 is 0 Å². The fourth-order valence-corrected chi connectivity index (χ4v) is 1.30. The molecule has 0 spiro atoms. The van der Waals surface area contributed by atoms with Crippen LogP contribution in [-0.2, 0) is 12.1 Å². The summed E-state index contributed by atoms with van der Waals surface area (Å²) in [5.41, 5.74) is 0.606. The maximum atomic E-state index is 9.29. The number of rotatable bonds is 5. The van der Waals surface area contributed by atoms with Gasteiger partial charge in [-0.25, -0.2) is 4.68 Å². The molecule has 0 bridgehead atoms. The molecule has 0 fully saturated rings. The Bertz CT molecular complexity index is 350. The van der Waals surface area contributed by atoms with Crippen molar-refractivity contribution < 1.29 is 5.11 Å². The molecule has 1 aromatic heterocycles. The molecule has 5 nitrogen and oxygen atoms in total. The van der Waals surface area contributed by atoms with Crippen molar-refractivity contribution >= 4 is 0 Å². The maximum absolute atomic E-state index is 9.29. The van der Waals surface area contributed by atoms with Gasteiger partial charge in [-0.1, -0.05) is 12.1 Å². The van der Waals surface area contributed by atoms with Crippen molar-refractivity contribution in [2.45, 2.75) is 58.7 Å². The van der Waals surface area contributed by atoms with Crippen LogP contribution >= 0.6 is 0 Å². The number of aromatic nitrogens is 3. The van der Waals surface area contributed by atoms with Crippen molar-refractivity contribution in [3.8, 4) is 0 Å². The van der Waals surface area contributed by atoms with Crippen LogP contribution in [0.2, 0.25) is 0 Å². The number of nitrogens with one attached hydrogen (secondary N) is 1. The summed E-state index contributed by atoms with van der Waals surface area (Å²) in [6.07, 6.45) is 2.82. The molecule has 17 heavy (non-hydrogen) atoms. The number of aliphatic hydroxyl groups excluding tert-OH is 1. The van der Waals surface area contributed by atoms with Gasteiger partial charge in [-0.3, -0.25) is 0 Å². The van der Waals surface area contributed by atoms with Crippen LogP contribution in [-0.4, -0.2) is 32.2 Å². The predicted octanol–water partition coefficient (Wildman–Crippen LogP) is 1.28. The molecule has 5 heteroatoms. The van der Waals surface area contributed by atoms with Crippen LogP contribution in [0.4, 0.5) is 0 Å². The van der Waals surface area contributed by atoms with Crippen LogP contribution < -0.4 is 5.32 Å². The third-order valence-corrected chi connectivity index (χ3v) is 3.05. The lowest BCUT2D eigenvalue weighted by Crippen LogP contribution is -2.44. The Hall–Kier alpha value is -0.940. The number of aliphatic hydroxyl groups is 1. The molecule has 0 saturated heterocycles. The Labute approximate surface area is 103 Å². The first-order chi connectivity index (χ1) is 7.80. The average Bonchev–Trinajstić information content (AvgIpc) is 2.74. The van der Waals surface area contributed by atoms with Crippen LogP contribution in [0.15, 0.2) is 6.20 Å². The molecule has 0 radical (unpaired) electrons. The van der Waals surface area contributed by atoms with Gasteiger partial charge in [0.1, 0.15) is 0 Å². The van der Waals surface area contributed by atoms with Crippen LogP contribution in [0.5, 0.6) is 0 Å². The van der Waals surface area contributed by atoms with Crippen molar-refractivity contribution in [2.75, 3.05) is 6.61 Å². The lowest BCUT2D eigenvalue weighted by Gasteiger charge is -2.26. The van der Waals surface area contributed by atoms with Gasteiger partial charge in [-0.05, 0) is 34.1 Å². The van der Waals surface area contributed by atoms with E-state index in [1.54, 1.807) is 0 Å². The van der Waals surface area contributed by atoms with E-state index in [4.69, 9.17) is 0 Å². The highest BCUT2D eigenvalue weighted by atomic mass is 16.3. The molecule has 0 aromatic carbocycles. The Kier molecular flexibility index (Phi) is 4.27. The van der Waals surface area contributed by atoms with Crippen molar-refractivity contribution in [1.29, 1.82) is 0 Å². The largest absolute Gasteiger partial charge is 0.394 e. The fraction of sp³-hybridized carbons (Fsp3) is 0.833. The summed E-state index contributed by atoms with van der Waals surface area (Å²) in [7, 11) is 0. The highest BCUT2D eigenvalue weighted by molar-refractivity contribution is 4.96. The molecule has 0 aliphatic rings. The van der Waals surface area contributed by atoms with Crippen molar-refractivity contribution in [3.05, 3.63) is 11.9 Å². The van der Waals surface area contributed by atoms with Crippen LogP contribution in [0.1, 0.15) is 46.7 Å². The van der Waals surface area contributed by atoms with Gasteiger partial charge in [0.15, 0.2) is 0 Å². The number of hydrogen-bond donors (Lipinski definition) is 2. The van der Waals surface area contributed by atoms with Gasteiger partial charge in [-0.15, -0.1) is 5.10 Å². The van der Waals surface area contributed by atoms with Gasteiger partial charge in [0.2, 0.25) is 0 Å². The van der Waals surface area contributed by atoms with E-state index in [0.29, 0.717) is 6.54 Å². The average molecular weight is 240 g/mol. The predicted molar refractivity (Wildman–Crippen MR) is 67.6 cm³/mol. The summed E-state index contributed by atoms with van der Waals surface area (Å²) in [5, 5.41) is 20.8. The van der Waals surface area contributed by atoms with Gasteiger partial charge in [0, 0.05) is 12.1 Å². The Morgan fingerprint density at radius 3 is 2.41 bits per heavy atom. The molecule has 0 aliphatic carbocycles. The van der Waals surface area contributed by atoms with E-state index in [-0.39, 0.29) is 17.7 Å². The summed E-state index contributed by atoms with van der Waals surface area (Å²) in [6.45, 7) is 11.1. The molecular formula is C12H24N4O. The van der Waals surface area contributed by atoms with Crippen LogP contribution in [0.25, 0.3) is 0 Å². The summed E-state index contributed by atoms with van der Waals surface area (Å²) >= 11 is 0. The number of nitrogens with zero attached hydrogens (tertiary/aromatic N) is 3. The van der Waals surface area contributed by atoms with Crippen LogP contribution in [0, 0.1) is 0 Å². The zero-order valence-electron chi connectivity index (χ0n) is 11.5. The quantitative estimate of drug-likeness (QED) is 0.814. The molecule has 1 aromatic rings. The normalized spacial score (nSPS) is 15.9. The van der Waals surface area contributed by atoms with Crippen molar-refractivity contribution in [3.63, 3.8) is 0 Å². The first-order valence-electron chi connectivity index (χ1n) is 6.08. The molecule has 98 valence electrons. The van der Waals surface area contributed by atoms with Gasteiger partial charge in [0.05, 0.1) is 24.0 Å². The first kappa shape index (κ1) is 14.1. The second-order valence-electron chi connectivity index (χ2n) is 5.75. The molecular weight excluding hydrogens is 216 g/mol. The second-order valence-corrected chi connectivity index (χ2v) is 5.75. The minimum Gasteiger partial charge on any atom is -0.394 e. The van der Waals surface area contributed by atoms with Gasteiger partial charge in [0.25, 0.3) is 0 Å². The van der Waals surface area contributed by atoms with Gasteiger partial charge in [-0.2, -0.15) is 0 Å². The Morgan fingerprint density at radius 1 is 1.35 bits per heavy atom. The van der Waals surface area contributed by atoms with E-state index in [0.717, 1.165) is 12.1 Å². The number of hydrogen-bond acceptors (Lipinski definition) is 4. The fourth-order valence-electron chi connectivity index (χ4n) is 1.30. The summed E-state index contributed by atoms with van der Waals surface area (Å²) in [6, 6.07) is 0. The molecule has 1 unspecified atom stereocenters. The topological polar surface area (TPSA) is 63.0 Å². The minimum atomic E-state index is -0.245. The van der Waals surface area contributed by atoms with Crippen molar-refractivity contribution in [2.24, 2.45) is 0 Å². The van der Waals surface area contributed by atoms with E-state index in [1.807, 2.05) is 17.8 Å². The molecule has 0 aliphatic heterocycles. The van der Waals surface area contributed by atoms with E-state index < -0.39 is 0 Å². The third kappa shape index (κ3) is 3.78. The van der Waals surface area contributed by atoms with Gasteiger partial charge < -0.3 is 10.4 Å². The molecule has 1 rings (SSSR count). The maximum Gasteiger partial charge on any atom is 0.0965 e. The molecule has 0 amide bonds. The third-order valence-electron chi connectivity index (χ3n) is 3.05. The summed E-state index contributed by atoms with van der Waals surface area (Å²) in [5.74, 6) is 0. The highest BCUT2D eigenvalue weighted by Crippen LogP contribution is 2.13. The van der Waals surface area contributed by atoms with Crippen molar-refractivity contribution in [1.82, 2.24) is 20.3 Å². The standard InChI is InChI=1S/C12H24N4O/c1-6-12(5,9-17)13-7-10-8-16(15-14-10)11(2,3)4/h8,13,17H,6-7,9H2,1-5H3. The Balaban J connectivity index is 2.62. The first-order valence-corrected chi connectivity index (χ1v) is 6.08. The smallest absolute Gasteiger partial charge is 0.0965 e. The molecule has 0 saturated carbocycles. The van der Waals surface area contributed by atoms with E-state index in [1.165, 1.54) is 0 Å².